The second-order valence-electron chi connectivity index (χ2n) is 3.59. The molecule has 0 N–H and O–H groups in total. The molecule has 0 spiro atoms. The number of hydrogen-bond acceptors (Lipinski definition) is 3. The van der Waals surface area contributed by atoms with E-state index in [1.54, 1.807) is 30.2 Å². The minimum Gasteiger partial charge on any atom is -1.00 e. The molecule has 0 aliphatic carbocycles. The Balaban J connectivity index is 0.00000289. The van der Waals surface area contributed by atoms with Crippen molar-refractivity contribution in [1.29, 1.82) is 0 Å². The van der Waals surface area contributed by atoms with Gasteiger partial charge in [0.15, 0.2) is 0 Å². The summed E-state index contributed by atoms with van der Waals surface area (Å²) in [5.74, 6) is -0.390. The van der Waals surface area contributed by atoms with Crippen LogP contribution in [0.1, 0.15) is 13.8 Å². The largest absolute Gasteiger partial charge is 1.00 e. The molecular formula is C11H18IN3O3. The molecule has 0 aliphatic heterocycles. The molecule has 0 saturated carbocycles. The Morgan fingerprint density at radius 3 is 2.50 bits per heavy atom. The molecule has 1 rings (SSSR count). The van der Waals surface area contributed by atoms with E-state index in [4.69, 9.17) is 4.74 Å². The zero-order chi connectivity index (χ0) is 12.8. The van der Waals surface area contributed by atoms with Crippen molar-refractivity contribution < 1.29 is 42.9 Å². The molecule has 7 heteroatoms. The van der Waals surface area contributed by atoms with Crippen LogP contribution < -0.4 is 28.5 Å². The summed E-state index contributed by atoms with van der Waals surface area (Å²) in [4.78, 5) is 24.7. The lowest BCUT2D eigenvalue weighted by Crippen LogP contribution is -3.00. The van der Waals surface area contributed by atoms with Crippen molar-refractivity contribution >= 4 is 12.0 Å². The number of ether oxygens (including phenoxy) is 1. The fraction of sp³-hybridized carbons (Fsp3) is 0.545. The number of carbonyl (C=O) groups excluding carboxylic acids is 2. The zero-order valence-corrected chi connectivity index (χ0v) is 13.0. The Bertz CT molecular complexity index is 406. The van der Waals surface area contributed by atoms with E-state index in [1.165, 1.54) is 9.47 Å². The van der Waals surface area contributed by atoms with Gasteiger partial charge < -0.3 is 28.7 Å². The third-order valence-corrected chi connectivity index (χ3v) is 2.27. The smallest absolute Gasteiger partial charge is 0.416 e. The highest BCUT2D eigenvalue weighted by molar-refractivity contribution is 5.82. The van der Waals surface area contributed by atoms with Gasteiger partial charge in [-0.15, -0.1) is 0 Å². The highest BCUT2D eigenvalue weighted by atomic mass is 127. The maximum Gasteiger partial charge on any atom is 0.416 e. The maximum atomic E-state index is 12.0. The first-order valence-electron chi connectivity index (χ1n) is 5.56. The van der Waals surface area contributed by atoms with Crippen molar-refractivity contribution in [3.8, 4) is 0 Å². The summed E-state index contributed by atoms with van der Waals surface area (Å²) >= 11 is 0. The summed E-state index contributed by atoms with van der Waals surface area (Å²) in [6.45, 7) is 4.32. The monoisotopic (exact) mass is 367 g/mol. The van der Waals surface area contributed by atoms with Crippen molar-refractivity contribution in [2.24, 2.45) is 7.05 Å². The number of imidazole rings is 1. The molecule has 1 aromatic rings. The number of halogens is 1. The first-order valence-corrected chi connectivity index (χ1v) is 5.56. The van der Waals surface area contributed by atoms with Crippen LogP contribution in [0, 0.1) is 0 Å². The molecule has 0 bridgehead atoms. The third kappa shape index (κ3) is 4.63. The number of esters is 1. The number of likely N-dealkylation sites (N-methyl/N-ethyl adjacent to an activating group) is 1. The molecule has 6 nitrogen and oxygen atoms in total. The number of aryl methyl sites for hydroxylation is 1. The lowest BCUT2D eigenvalue weighted by atomic mass is 10.5. The van der Waals surface area contributed by atoms with Crippen LogP contribution in [0.4, 0.5) is 4.79 Å². The molecule has 102 valence electrons. The van der Waals surface area contributed by atoms with E-state index in [-0.39, 0.29) is 42.5 Å². The fourth-order valence-electron chi connectivity index (χ4n) is 1.40. The number of hydrogen-bond donors (Lipinski definition) is 0. The quantitative estimate of drug-likeness (QED) is 0.328. The molecule has 1 heterocycles. The van der Waals surface area contributed by atoms with Crippen LogP contribution in [-0.4, -0.2) is 41.2 Å². The minimum atomic E-state index is -0.390. The predicted octanol–water partition coefficient (Wildman–Crippen LogP) is -2.83. The van der Waals surface area contributed by atoms with Gasteiger partial charge in [-0.1, -0.05) is 0 Å². The predicted molar refractivity (Wildman–Crippen MR) is 60.3 cm³/mol. The van der Waals surface area contributed by atoms with Gasteiger partial charge in [0.05, 0.1) is 13.7 Å². The highest BCUT2D eigenvalue weighted by Crippen LogP contribution is 1.96. The first-order chi connectivity index (χ1) is 8.08. The molecular weight excluding hydrogens is 349 g/mol. The van der Waals surface area contributed by atoms with Crippen LogP contribution in [-0.2, 0) is 16.6 Å². The van der Waals surface area contributed by atoms with Crippen molar-refractivity contribution in [2.75, 3.05) is 19.7 Å². The van der Waals surface area contributed by atoms with Gasteiger partial charge in [-0.2, -0.15) is 4.57 Å². The van der Waals surface area contributed by atoms with Gasteiger partial charge in [0.2, 0.25) is 0 Å². The van der Waals surface area contributed by atoms with E-state index in [0.717, 1.165) is 0 Å². The second kappa shape index (κ2) is 8.06. The lowest BCUT2D eigenvalue weighted by molar-refractivity contribution is -0.670. The molecule has 0 atom stereocenters. The maximum absolute atomic E-state index is 12.0. The van der Waals surface area contributed by atoms with E-state index >= 15 is 0 Å². The summed E-state index contributed by atoms with van der Waals surface area (Å²) in [5.41, 5.74) is 0. The zero-order valence-electron chi connectivity index (χ0n) is 10.8. The van der Waals surface area contributed by atoms with Crippen molar-refractivity contribution in [1.82, 2.24) is 9.47 Å². The SMILES string of the molecule is CCOC(=O)CN(CC)C(=O)n1cc[n+](C)c1.[I-]. The van der Waals surface area contributed by atoms with E-state index < -0.39 is 0 Å². The summed E-state index contributed by atoms with van der Waals surface area (Å²) in [6, 6.07) is -0.235. The fourth-order valence-corrected chi connectivity index (χ4v) is 1.40. The van der Waals surface area contributed by atoms with Gasteiger partial charge >= 0.3 is 12.0 Å². The molecule has 0 fully saturated rings. The van der Waals surface area contributed by atoms with Crippen LogP contribution in [0.5, 0.6) is 0 Å². The van der Waals surface area contributed by atoms with Crippen molar-refractivity contribution in [3.05, 3.63) is 18.7 Å². The summed E-state index contributed by atoms with van der Waals surface area (Å²) in [6.07, 6.45) is 5.06. The van der Waals surface area contributed by atoms with Gasteiger partial charge in [0, 0.05) is 6.54 Å². The lowest BCUT2D eigenvalue weighted by Gasteiger charge is -2.16. The number of rotatable bonds is 4. The van der Waals surface area contributed by atoms with Crippen LogP contribution in [0.25, 0.3) is 0 Å². The molecule has 0 aliphatic rings. The molecule has 0 saturated heterocycles. The van der Waals surface area contributed by atoms with Gasteiger partial charge in [-0.05, 0) is 13.8 Å². The third-order valence-electron chi connectivity index (χ3n) is 2.27. The Morgan fingerprint density at radius 1 is 1.39 bits per heavy atom. The molecule has 1 aromatic heterocycles. The minimum absolute atomic E-state index is 0. The van der Waals surface area contributed by atoms with Crippen molar-refractivity contribution in [2.45, 2.75) is 13.8 Å². The Hall–Kier alpha value is -1.12. The van der Waals surface area contributed by atoms with Crippen LogP contribution in [0.3, 0.4) is 0 Å². The number of amides is 1. The van der Waals surface area contributed by atoms with Gasteiger partial charge in [-0.3, -0.25) is 9.69 Å². The standard InChI is InChI=1S/C11H18N3O3.HI/c1-4-13(8-10(15)17-5-2)11(16)14-7-6-12(3)9-14;/h6-7,9H,4-5,8H2,1-3H3;1H/q+1;/p-1. The molecule has 1 amide bonds. The van der Waals surface area contributed by atoms with Crippen molar-refractivity contribution in [3.63, 3.8) is 0 Å². The Kier molecular flexibility index (Phi) is 7.56. The number of carbonyl (C=O) groups is 2. The van der Waals surface area contributed by atoms with Gasteiger partial charge in [0.25, 0.3) is 6.33 Å². The first kappa shape index (κ1) is 16.9. The Morgan fingerprint density at radius 2 is 2.06 bits per heavy atom. The molecule has 0 radical (unpaired) electrons. The normalized spacial score (nSPS) is 9.50. The van der Waals surface area contributed by atoms with E-state index in [9.17, 15) is 9.59 Å². The van der Waals surface area contributed by atoms with E-state index in [2.05, 4.69) is 0 Å². The van der Waals surface area contributed by atoms with Crippen LogP contribution in [0.2, 0.25) is 0 Å². The molecule has 0 aromatic carbocycles. The number of aromatic nitrogens is 2. The summed E-state index contributed by atoms with van der Waals surface area (Å²) in [7, 11) is 1.82. The van der Waals surface area contributed by atoms with E-state index in [0.29, 0.717) is 13.2 Å². The molecule has 18 heavy (non-hydrogen) atoms. The average Bonchev–Trinajstić information content (AvgIpc) is 2.72. The highest BCUT2D eigenvalue weighted by Gasteiger charge is 2.21. The van der Waals surface area contributed by atoms with Crippen LogP contribution >= 0.6 is 0 Å². The second-order valence-corrected chi connectivity index (χ2v) is 3.59. The number of nitrogens with zero attached hydrogens (tertiary/aromatic N) is 3. The average molecular weight is 367 g/mol. The summed E-state index contributed by atoms with van der Waals surface area (Å²) in [5, 5.41) is 0. The topological polar surface area (TPSA) is 55.4 Å². The Labute approximate surface area is 124 Å². The van der Waals surface area contributed by atoms with E-state index in [1.807, 2.05) is 14.0 Å². The summed E-state index contributed by atoms with van der Waals surface area (Å²) < 4.78 is 8.01. The van der Waals surface area contributed by atoms with Gasteiger partial charge in [-0.25, -0.2) is 9.36 Å². The molecule has 0 unspecified atom stereocenters. The van der Waals surface area contributed by atoms with Gasteiger partial charge in [0.1, 0.15) is 18.9 Å². The van der Waals surface area contributed by atoms with Crippen LogP contribution in [0.15, 0.2) is 18.7 Å².